The molecule has 1 aliphatic heterocycles. The molecule has 0 aliphatic carbocycles. The molecule has 1 saturated heterocycles. The average molecular weight is 329 g/mol. The van der Waals surface area contributed by atoms with E-state index in [-0.39, 0.29) is 23.7 Å². The van der Waals surface area contributed by atoms with E-state index in [2.05, 4.69) is 10.2 Å². The van der Waals surface area contributed by atoms with Crippen molar-refractivity contribution >= 4 is 11.6 Å². The highest BCUT2D eigenvalue weighted by Crippen LogP contribution is 2.34. The van der Waals surface area contributed by atoms with E-state index in [1.807, 2.05) is 11.9 Å². The van der Waals surface area contributed by atoms with E-state index >= 15 is 0 Å². The highest BCUT2D eigenvalue weighted by atomic mass is 19.4. The fraction of sp³-hybridized carbons (Fsp3) is 0.562. The molecule has 1 amide bonds. The Morgan fingerprint density at radius 1 is 1.22 bits per heavy atom. The maximum absolute atomic E-state index is 13.3. The number of benzene rings is 1. The van der Waals surface area contributed by atoms with Crippen LogP contribution in [-0.2, 0) is 17.5 Å². The van der Waals surface area contributed by atoms with Gasteiger partial charge in [0.1, 0.15) is 0 Å². The topological polar surface area (TPSA) is 35.6 Å². The molecule has 0 radical (unpaired) electrons. The van der Waals surface area contributed by atoms with Crippen LogP contribution >= 0.6 is 0 Å². The fourth-order valence-corrected chi connectivity index (χ4v) is 2.76. The second kappa shape index (κ2) is 7.31. The largest absolute Gasteiger partial charge is 0.416 e. The summed E-state index contributed by atoms with van der Waals surface area (Å²) < 4.78 is 40.0. The van der Waals surface area contributed by atoms with Crippen molar-refractivity contribution in [1.82, 2.24) is 9.80 Å². The first kappa shape index (κ1) is 17.7. The first-order valence-corrected chi connectivity index (χ1v) is 7.64. The lowest BCUT2D eigenvalue weighted by Gasteiger charge is -2.23. The van der Waals surface area contributed by atoms with Crippen LogP contribution in [0.25, 0.3) is 0 Å². The third-order valence-corrected chi connectivity index (χ3v) is 3.94. The maximum atomic E-state index is 13.3. The minimum absolute atomic E-state index is 0.171. The number of carbonyl (C=O) groups is 1. The molecule has 1 N–H and O–H groups in total. The number of carbonyl (C=O) groups excluding carboxylic acids is 1. The summed E-state index contributed by atoms with van der Waals surface area (Å²) in [6.45, 7) is 4.89. The number of rotatable bonds is 3. The molecule has 0 saturated carbocycles. The van der Waals surface area contributed by atoms with Gasteiger partial charge in [0.2, 0.25) is 5.91 Å². The summed E-state index contributed by atoms with van der Waals surface area (Å²) in [4.78, 5) is 15.3. The Kier molecular flexibility index (Phi) is 5.64. The smallest absolute Gasteiger partial charge is 0.326 e. The Morgan fingerprint density at radius 3 is 2.61 bits per heavy atom. The standard InChI is InChI=1S/C16H22F3N3O/c1-12(23)20-14-5-4-13(15(10-14)16(17,18)19)11-22-7-3-6-21(2)8-9-22/h4-5,10H,3,6-9,11H2,1-2H3,(H,20,23). The van der Waals surface area contributed by atoms with Gasteiger partial charge in [-0.1, -0.05) is 6.07 Å². The Labute approximate surface area is 134 Å². The van der Waals surface area contributed by atoms with Gasteiger partial charge in [0.15, 0.2) is 0 Å². The molecule has 1 aromatic carbocycles. The van der Waals surface area contributed by atoms with Crippen molar-refractivity contribution in [3.05, 3.63) is 29.3 Å². The molecule has 0 bridgehead atoms. The van der Waals surface area contributed by atoms with E-state index in [1.165, 1.54) is 19.1 Å². The molecular formula is C16H22F3N3O. The van der Waals surface area contributed by atoms with Crippen molar-refractivity contribution in [2.75, 3.05) is 38.5 Å². The highest BCUT2D eigenvalue weighted by Gasteiger charge is 2.34. The maximum Gasteiger partial charge on any atom is 0.416 e. The van der Waals surface area contributed by atoms with Gasteiger partial charge in [-0.05, 0) is 44.3 Å². The normalized spacial score (nSPS) is 17.8. The lowest BCUT2D eigenvalue weighted by molar-refractivity contribution is -0.138. The second-order valence-electron chi connectivity index (χ2n) is 5.98. The van der Waals surface area contributed by atoms with Gasteiger partial charge in [0.25, 0.3) is 0 Å². The van der Waals surface area contributed by atoms with E-state index in [4.69, 9.17) is 0 Å². The Morgan fingerprint density at radius 2 is 1.96 bits per heavy atom. The number of nitrogens with zero attached hydrogens (tertiary/aromatic N) is 2. The predicted molar refractivity (Wildman–Crippen MR) is 83.1 cm³/mol. The number of likely N-dealkylation sites (N-methyl/N-ethyl adjacent to an activating group) is 1. The zero-order valence-electron chi connectivity index (χ0n) is 13.4. The lowest BCUT2D eigenvalue weighted by Crippen LogP contribution is -2.29. The zero-order valence-corrected chi connectivity index (χ0v) is 13.4. The van der Waals surface area contributed by atoms with Crippen molar-refractivity contribution in [3.63, 3.8) is 0 Å². The summed E-state index contributed by atoms with van der Waals surface area (Å²) in [5.74, 6) is -0.388. The van der Waals surface area contributed by atoms with Crippen molar-refractivity contribution in [2.24, 2.45) is 0 Å². The SMILES string of the molecule is CC(=O)Nc1ccc(CN2CCCN(C)CC2)c(C(F)(F)F)c1. The van der Waals surface area contributed by atoms with Crippen LogP contribution in [0.15, 0.2) is 18.2 Å². The Bertz CT molecular complexity index is 560. The summed E-state index contributed by atoms with van der Waals surface area (Å²) >= 11 is 0. The van der Waals surface area contributed by atoms with Gasteiger partial charge in [0, 0.05) is 32.2 Å². The fourth-order valence-electron chi connectivity index (χ4n) is 2.76. The van der Waals surface area contributed by atoms with E-state index < -0.39 is 11.7 Å². The zero-order chi connectivity index (χ0) is 17.0. The third-order valence-electron chi connectivity index (χ3n) is 3.94. The molecule has 1 aromatic rings. The van der Waals surface area contributed by atoms with Crippen LogP contribution in [0.2, 0.25) is 0 Å². The number of halogens is 3. The second-order valence-corrected chi connectivity index (χ2v) is 5.98. The summed E-state index contributed by atoms with van der Waals surface area (Å²) in [6.07, 6.45) is -3.49. The number of amides is 1. The first-order chi connectivity index (χ1) is 10.8. The van der Waals surface area contributed by atoms with Gasteiger partial charge in [-0.15, -0.1) is 0 Å². The molecule has 1 aliphatic rings. The van der Waals surface area contributed by atoms with E-state index in [0.29, 0.717) is 0 Å². The van der Waals surface area contributed by atoms with Gasteiger partial charge in [-0.25, -0.2) is 0 Å². The van der Waals surface area contributed by atoms with Crippen molar-refractivity contribution in [2.45, 2.75) is 26.1 Å². The number of hydrogen-bond donors (Lipinski definition) is 1. The van der Waals surface area contributed by atoms with Crippen LogP contribution in [0.1, 0.15) is 24.5 Å². The van der Waals surface area contributed by atoms with Crippen LogP contribution in [0.5, 0.6) is 0 Å². The van der Waals surface area contributed by atoms with Gasteiger partial charge >= 0.3 is 6.18 Å². The number of alkyl halides is 3. The predicted octanol–water partition coefficient (Wildman–Crippen LogP) is 2.80. The summed E-state index contributed by atoms with van der Waals surface area (Å²) in [5, 5.41) is 2.40. The number of hydrogen-bond acceptors (Lipinski definition) is 3. The molecule has 0 spiro atoms. The Balaban J connectivity index is 2.21. The molecule has 0 aromatic heterocycles. The Hall–Kier alpha value is -1.60. The quantitative estimate of drug-likeness (QED) is 0.926. The molecule has 0 unspecified atom stereocenters. The van der Waals surface area contributed by atoms with E-state index in [1.54, 1.807) is 0 Å². The summed E-state index contributed by atoms with van der Waals surface area (Å²) in [5.41, 5.74) is -0.262. The van der Waals surface area contributed by atoms with Crippen LogP contribution < -0.4 is 5.32 Å². The monoisotopic (exact) mass is 329 g/mol. The molecule has 23 heavy (non-hydrogen) atoms. The third kappa shape index (κ3) is 5.21. The minimum Gasteiger partial charge on any atom is -0.326 e. The molecule has 2 rings (SSSR count). The summed E-state index contributed by atoms with van der Waals surface area (Å²) in [7, 11) is 2.02. The van der Waals surface area contributed by atoms with Crippen molar-refractivity contribution < 1.29 is 18.0 Å². The molecule has 4 nitrogen and oxygen atoms in total. The van der Waals surface area contributed by atoms with Crippen LogP contribution in [0, 0.1) is 0 Å². The van der Waals surface area contributed by atoms with Gasteiger partial charge in [-0.3, -0.25) is 9.69 Å². The van der Waals surface area contributed by atoms with E-state index in [0.717, 1.165) is 38.7 Å². The molecule has 0 atom stereocenters. The van der Waals surface area contributed by atoms with Crippen LogP contribution in [-0.4, -0.2) is 48.9 Å². The lowest BCUT2D eigenvalue weighted by atomic mass is 10.0. The van der Waals surface area contributed by atoms with E-state index in [9.17, 15) is 18.0 Å². The number of nitrogens with one attached hydrogen (secondary N) is 1. The average Bonchev–Trinajstić information content (AvgIpc) is 2.64. The van der Waals surface area contributed by atoms with Crippen molar-refractivity contribution in [3.8, 4) is 0 Å². The van der Waals surface area contributed by atoms with Crippen molar-refractivity contribution in [1.29, 1.82) is 0 Å². The van der Waals surface area contributed by atoms with Crippen LogP contribution in [0.4, 0.5) is 18.9 Å². The van der Waals surface area contributed by atoms with Gasteiger partial charge in [-0.2, -0.15) is 13.2 Å². The molecule has 7 heteroatoms. The highest BCUT2D eigenvalue weighted by molar-refractivity contribution is 5.88. The van der Waals surface area contributed by atoms with Gasteiger partial charge in [0.05, 0.1) is 5.56 Å². The first-order valence-electron chi connectivity index (χ1n) is 7.64. The number of anilines is 1. The molecule has 1 fully saturated rings. The minimum atomic E-state index is -4.44. The van der Waals surface area contributed by atoms with Gasteiger partial charge < -0.3 is 10.2 Å². The molecular weight excluding hydrogens is 307 g/mol. The molecule has 128 valence electrons. The van der Waals surface area contributed by atoms with Crippen LogP contribution in [0.3, 0.4) is 0 Å². The molecule has 1 heterocycles. The summed E-state index contributed by atoms with van der Waals surface area (Å²) in [6, 6.07) is 4.00.